The number of halogens is 1. The minimum Gasteiger partial charge on any atom is -0.493 e. The van der Waals surface area contributed by atoms with E-state index < -0.39 is 0 Å². The van der Waals surface area contributed by atoms with E-state index in [-0.39, 0.29) is 6.10 Å². The molecule has 0 radical (unpaired) electrons. The van der Waals surface area contributed by atoms with Gasteiger partial charge in [0.1, 0.15) is 6.10 Å². The minimum atomic E-state index is 0.0237. The van der Waals surface area contributed by atoms with E-state index in [0.29, 0.717) is 5.88 Å². The molecule has 0 saturated heterocycles. The molecule has 1 aliphatic carbocycles. The molecule has 1 aliphatic rings. The molecule has 6 nitrogen and oxygen atoms in total. The molecule has 0 spiro atoms. The Morgan fingerprint density at radius 3 is 2.32 bits per heavy atom. The average molecular weight is 448 g/mol. The summed E-state index contributed by atoms with van der Waals surface area (Å²) in [6, 6.07) is 6.02. The quantitative estimate of drug-likeness (QED) is 0.466. The van der Waals surface area contributed by atoms with Crippen LogP contribution in [0.3, 0.4) is 0 Å². The van der Waals surface area contributed by atoms with Gasteiger partial charge in [-0.2, -0.15) is 0 Å². The first-order chi connectivity index (χ1) is 13.4. The van der Waals surface area contributed by atoms with Crippen LogP contribution in [-0.4, -0.2) is 50.1 Å². The molecule has 0 N–H and O–H groups in total. The van der Waals surface area contributed by atoms with Crippen LogP contribution in [0.2, 0.25) is 0 Å². The topological polar surface area (TPSA) is 56.2 Å². The second kappa shape index (κ2) is 8.82. The first-order valence-electron chi connectivity index (χ1n) is 9.27. The lowest BCUT2D eigenvalue weighted by Crippen LogP contribution is -2.17. The van der Waals surface area contributed by atoms with E-state index in [4.69, 9.17) is 14.2 Å². The molecular formula is C21H26BrN3O3. The predicted molar refractivity (Wildman–Crippen MR) is 115 cm³/mol. The van der Waals surface area contributed by atoms with E-state index >= 15 is 0 Å². The summed E-state index contributed by atoms with van der Waals surface area (Å²) in [4.78, 5) is 11.1. The van der Waals surface area contributed by atoms with Crippen LogP contribution in [0.5, 0.6) is 17.4 Å². The number of benzene rings is 1. The van der Waals surface area contributed by atoms with Crippen molar-refractivity contribution < 1.29 is 14.2 Å². The number of hydrogen-bond donors (Lipinski definition) is 0. The Balaban J connectivity index is 1.75. The summed E-state index contributed by atoms with van der Waals surface area (Å²) >= 11 is 3.58. The normalized spacial score (nSPS) is 13.6. The molecule has 0 unspecified atom stereocenters. The fourth-order valence-corrected chi connectivity index (χ4v) is 3.55. The molecule has 0 bridgehead atoms. The van der Waals surface area contributed by atoms with E-state index in [1.807, 2.05) is 43.4 Å². The molecular weight excluding hydrogens is 422 g/mol. The number of pyridine rings is 1. The summed E-state index contributed by atoms with van der Waals surface area (Å²) < 4.78 is 17.8. The third-order valence-corrected chi connectivity index (χ3v) is 5.45. The Hall–Kier alpha value is -2.28. The van der Waals surface area contributed by atoms with Crippen LogP contribution in [0, 0.1) is 6.92 Å². The molecule has 1 aromatic carbocycles. The Morgan fingerprint density at radius 2 is 1.79 bits per heavy atom. The summed E-state index contributed by atoms with van der Waals surface area (Å²) in [6.07, 6.45) is 3.45. The van der Waals surface area contributed by atoms with Crippen LogP contribution in [0.4, 0.5) is 5.69 Å². The van der Waals surface area contributed by atoms with Crippen molar-refractivity contribution in [2.45, 2.75) is 32.8 Å². The molecule has 0 aliphatic heterocycles. The molecule has 0 atom stereocenters. The molecule has 150 valence electrons. The highest BCUT2D eigenvalue weighted by molar-refractivity contribution is 9.10. The number of fused-ring (bicyclic) bond motifs is 1. The molecule has 0 amide bonds. The molecule has 1 aromatic heterocycles. The molecule has 7 heteroatoms. The monoisotopic (exact) mass is 447 g/mol. The van der Waals surface area contributed by atoms with E-state index in [0.717, 1.165) is 46.7 Å². The number of aryl methyl sites for hydroxylation is 1. The van der Waals surface area contributed by atoms with E-state index in [1.54, 1.807) is 14.2 Å². The molecule has 0 saturated carbocycles. The smallest absolute Gasteiger partial charge is 0.228 e. The molecule has 2 aromatic rings. The summed E-state index contributed by atoms with van der Waals surface area (Å²) in [5, 5.41) is 0. The van der Waals surface area contributed by atoms with Gasteiger partial charge in [-0.1, -0.05) is 0 Å². The third kappa shape index (κ3) is 4.41. The lowest BCUT2D eigenvalue weighted by atomic mass is 10.1. The molecule has 28 heavy (non-hydrogen) atoms. The van der Waals surface area contributed by atoms with Gasteiger partial charge < -0.3 is 19.1 Å². The number of ether oxygens (including phenoxy) is 3. The second-order valence-electron chi connectivity index (χ2n) is 6.82. The number of aromatic nitrogens is 1. The van der Waals surface area contributed by atoms with Crippen molar-refractivity contribution in [1.82, 2.24) is 9.88 Å². The van der Waals surface area contributed by atoms with Crippen LogP contribution < -0.4 is 14.2 Å². The van der Waals surface area contributed by atoms with Crippen molar-refractivity contribution >= 4 is 28.0 Å². The van der Waals surface area contributed by atoms with Gasteiger partial charge >= 0.3 is 0 Å². The van der Waals surface area contributed by atoms with E-state index in [9.17, 15) is 0 Å². The first-order valence-corrected chi connectivity index (χ1v) is 10.1. The number of nitrogens with zero attached hydrogens (tertiary/aromatic N) is 3. The number of rotatable bonds is 7. The largest absolute Gasteiger partial charge is 0.493 e. The average Bonchev–Trinajstić information content (AvgIpc) is 3.08. The molecule has 0 fully saturated rings. The fraction of sp³-hybridized carbons (Fsp3) is 0.429. The lowest BCUT2D eigenvalue weighted by molar-refractivity contribution is 0.203. The summed E-state index contributed by atoms with van der Waals surface area (Å²) in [5.74, 6) is 2.09. The Labute approximate surface area is 174 Å². The van der Waals surface area contributed by atoms with Crippen molar-refractivity contribution in [2.24, 2.45) is 4.99 Å². The van der Waals surface area contributed by atoms with Gasteiger partial charge in [0.2, 0.25) is 5.88 Å². The van der Waals surface area contributed by atoms with Gasteiger partial charge in [0.15, 0.2) is 11.5 Å². The molecule has 1 heterocycles. The maximum absolute atomic E-state index is 6.22. The maximum Gasteiger partial charge on any atom is 0.228 e. The highest BCUT2D eigenvalue weighted by atomic mass is 79.9. The zero-order chi connectivity index (χ0) is 20.3. The Bertz CT molecular complexity index is 853. The number of methoxy groups -OCH3 is 2. The van der Waals surface area contributed by atoms with Gasteiger partial charge in [0.05, 0.1) is 36.4 Å². The summed E-state index contributed by atoms with van der Waals surface area (Å²) in [6.45, 7) is 4.92. The van der Waals surface area contributed by atoms with Crippen molar-refractivity contribution in [3.63, 3.8) is 0 Å². The SMILES string of the molecule is CCN(C)/C=N/c1cc(Br)c(OC2Cc3cc(OC)c(OC)cc3C2)nc1C. The van der Waals surface area contributed by atoms with Crippen molar-refractivity contribution in [1.29, 1.82) is 0 Å². The van der Waals surface area contributed by atoms with E-state index in [2.05, 4.69) is 32.8 Å². The van der Waals surface area contributed by atoms with Gasteiger partial charge in [0, 0.05) is 26.4 Å². The maximum atomic E-state index is 6.22. The Morgan fingerprint density at radius 1 is 1.18 bits per heavy atom. The van der Waals surface area contributed by atoms with Crippen LogP contribution in [0.1, 0.15) is 23.7 Å². The van der Waals surface area contributed by atoms with Crippen molar-refractivity contribution in [2.75, 3.05) is 27.8 Å². The second-order valence-corrected chi connectivity index (χ2v) is 7.68. The zero-order valence-corrected chi connectivity index (χ0v) is 18.5. The summed E-state index contributed by atoms with van der Waals surface area (Å²) in [7, 11) is 5.29. The lowest BCUT2D eigenvalue weighted by Gasteiger charge is -2.15. The highest BCUT2D eigenvalue weighted by Crippen LogP contribution is 2.37. The Kier molecular flexibility index (Phi) is 6.44. The van der Waals surface area contributed by atoms with Crippen LogP contribution in [0.25, 0.3) is 0 Å². The van der Waals surface area contributed by atoms with Gasteiger partial charge in [-0.15, -0.1) is 0 Å². The third-order valence-electron chi connectivity index (χ3n) is 4.88. The highest BCUT2D eigenvalue weighted by Gasteiger charge is 2.26. The van der Waals surface area contributed by atoms with Crippen molar-refractivity contribution in [3.8, 4) is 17.4 Å². The van der Waals surface area contributed by atoms with Gasteiger partial charge in [-0.05, 0) is 59.1 Å². The zero-order valence-electron chi connectivity index (χ0n) is 17.0. The van der Waals surface area contributed by atoms with E-state index in [1.165, 1.54) is 11.1 Å². The first kappa shape index (κ1) is 20.5. The summed E-state index contributed by atoms with van der Waals surface area (Å²) in [5.41, 5.74) is 4.10. The van der Waals surface area contributed by atoms with Crippen LogP contribution >= 0.6 is 15.9 Å². The fourth-order valence-electron chi connectivity index (χ4n) is 3.15. The van der Waals surface area contributed by atoms with Crippen LogP contribution in [0.15, 0.2) is 27.7 Å². The minimum absolute atomic E-state index is 0.0237. The van der Waals surface area contributed by atoms with Crippen LogP contribution in [-0.2, 0) is 12.8 Å². The van der Waals surface area contributed by atoms with Gasteiger partial charge in [-0.3, -0.25) is 0 Å². The number of hydrogen-bond acceptors (Lipinski definition) is 5. The predicted octanol–water partition coefficient (Wildman–Crippen LogP) is 4.33. The van der Waals surface area contributed by atoms with Gasteiger partial charge in [-0.25, -0.2) is 9.98 Å². The van der Waals surface area contributed by atoms with Gasteiger partial charge in [0.25, 0.3) is 0 Å². The van der Waals surface area contributed by atoms with Crippen molar-refractivity contribution in [3.05, 3.63) is 39.5 Å². The molecule has 3 rings (SSSR count). The standard InChI is InChI=1S/C21H26BrN3O3/c1-6-25(3)12-23-18-11-17(22)21(24-13(18)2)28-16-7-14-9-19(26-4)20(27-5)10-15(14)8-16/h9-12,16H,6-8H2,1-5H3/b23-12+. The number of aliphatic imine (C=N–C) groups is 1.